The van der Waals surface area contributed by atoms with E-state index in [0.29, 0.717) is 12.1 Å². The molecule has 0 saturated carbocycles. The van der Waals surface area contributed by atoms with Gasteiger partial charge in [0.25, 0.3) is 0 Å². The summed E-state index contributed by atoms with van der Waals surface area (Å²) >= 11 is 0. The fourth-order valence-electron chi connectivity index (χ4n) is 2.85. The molecule has 1 aliphatic rings. The molecule has 0 spiro atoms. The molecule has 0 aromatic heterocycles. The van der Waals surface area contributed by atoms with Gasteiger partial charge >= 0.3 is 0 Å². The number of rotatable bonds is 4. The van der Waals surface area contributed by atoms with Gasteiger partial charge in [-0.25, -0.2) is 0 Å². The minimum Gasteiger partial charge on any atom is -0.399 e. The van der Waals surface area contributed by atoms with Crippen molar-refractivity contribution in [1.82, 2.24) is 9.80 Å². The molecule has 0 radical (unpaired) electrons. The van der Waals surface area contributed by atoms with E-state index in [-0.39, 0.29) is 0 Å². The largest absolute Gasteiger partial charge is 0.399 e. The van der Waals surface area contributed by atoms with Crippen LogP contribution in [0.3, 0.4) is 0 Å². The SMILES string of the molecule is CCC(C)N1CCN(C(C)c2cccc(N)c2)CC1. The molecule has 106 valence electrons. The molecule has 1 aliphatic heterocycles. The number of hydrogen-bond donors (Lipinski definition) is 1. The molecule has 3 heteroatoms. The first-order chi connectivity index (χ1) is 9.11. The third-order valence-electron chi connectivity index (χ3n) is 4.50. The molecule has 2 N–H and O–H groups in total. The molecular weight excluding hydrogens is 234 g/mol. The molecule has 1 heterocycles. The van der Waals surface area contributed by atoms with E-state index in [1.54, 1.807) is 0 Å². The normalized spacial score (nSPS) is 21.2. The zero-order chi connectivity index (χ0) is 13.8. The first-order valence-corrected chi connectivity index (χ1v) is 7.45. The second kappa shape index (κ2) is 6.40. The Kier molecular flexibility index (Phi) is 4.83. The van der Waals surface area contributed by atoms with Crippen molar-refractivity contribution < 1.29 is 0 Å². The van der Waals surface area contributed by atoms with Gasteiger partial charge in [-0.2, -0.15) is 0 Å². The van der Waals surface area contributed by atoms with Crippen LogP contribution in [0.1, 0.15) is 38.8 Å². The van der Waals surface area contributed by atoms with Crippen LogP contribution in [0.4, 0.5) is 5.69 Å². The Labute approximate surface area is 117 Å². The molecule has 3 nitrogen and oxygen atoms in total. The molecule has 2 rings (SSSR count). The van der Waals surface area contributed by atoms with E-state index < -0.39 is 0 Å². The van der Waals surface area contributed by atoms with Gasteiger partial charge in [0.05, 0.1) is 0 Å². The standard InChI is InChI=1S/C16H27N3/c1-4-13(2)18-8-10-19(11-9-18)14(3)15-6-5-7-16(17)12-15/h5-7,12-14H,4,8-11,17H2,1-3H3. The van der Waals surface area contributed by atoms with Crippen molar-refractivity contribution in [2.24, 2.45) is 0 Å². The summed E-state index contributed by atoms with van der Waals surface area (Å²) in [5, 5.41) is 0. The van der Waals surface area contributed by atoms with Crippen molar-refractivity contribution in [1.29, 1.82) is 0 Å². The second-order valence-corrected chi connectivity index (χ2v) is 5.68. The molecule has 2 unspecified atom stereocenters. The second-order valence-electron chi connectivity index (χ2n) is 5.68. The third kappa shape index (κ3) is 3.48. The summed E-state index contributed by atoms with van der Waals surface area (Å²) in [6.07, 6.45) is 1.24. The molecule has 1 aromatic rings. The first-order valence-electron chi connectivity index (χ1n) is 7.45. The van der Waals surface area contributed by atoms with Crippen LogP contribution in [0.25, 0.3) is 0 Å². The van der Waals surface area contributed by atoms with Crippen molar-refractivity contribution >= 4 is 5.69 Å². The van der Waals surface area contributed by atoms with Crippen LogP contribution < -0.4 is 5.73 Å². The topological polar surface area (TPSA) is 32.5 Å². The molecule has 19 heavy (non-hydrogen) atoms. The minimum atomic E-state index is 0.461. The highest BCUT2D eigenvalue weighted by molar-refractivity contribution is 5.41. The Hall–Kier alpha value is -1.06. The lowest BCUT2D eigenvalue weighted by Gasteiger charge is -2.40. The maximum Gasteiger partial charge on any atom is 0.0321 e. The van der Waals surface area contributed by atoms with E-state index in [2.05, 4.69) is 48.8 Å². The summed E-state index contributed by atoms with van der Waals surface area (Å²) in [6, 6.07) is 9.47. The average molecular weight is 261 g/mol. The predicted octanol–water partition coefficient (Wildman–Crippen LogP) is 2.75. The van der Waals surface area contributed by atoms with Crippen LogP contribution in [0.2, 0.25) is 0 Å². The molecular formula is C16H27N3. The third-order valence-corrected chi connectivity index (χ3v) is 4.50. The quantitative estimate of drug-likeness (QED) is 0.846. The van der Waals surface area contributed by atoms with E-state index in [9.17, 15) is 0 Å². The van der Waals surface area contributed by atoms with Gasteiger partial charge < -0.3 is 5.73 Å². The molecule has 1 saturated heterocycles. The van der Waals surface area contributed by atoms with Crippen molar-refractivity contribution in [3.63, 3.8) is 0 Å². The lowest BCUT2D eigenvalue weighted by Crippen LogP contribution is -2.49. The van der Waals surface area contributed by atoms with Gasteiger partial charge in [-0.05, 0) is 38.0 Å². The van der Waals surface area contributed by atoms with Crippen molar-refractivity contribution in [3.8, 4) is 0 Å². The van der Waals surface area contributed by atoms with Gasteiger partial charge in [0.2, 0.25) is 0 Å². The van der Waals surface area contributed by atoms with Crippen molar-refractivity contribution in [2.45, 2.75) is 39.3 Å². The minimum absolute atomic E-state index is 0.461. The number of piperazine rings is 1. The molecule has 0 bridgehead atoms. The van der Waals surface area contributed by atoms with Crippen LogP contribution in [-0.4, -0.2) is 42.0 Å². The Bertz CT molecular complexity index is 397. The van der Waals surface area contributed by atoms with Crippen molar-refractivity contribution in [3.05, 3.63) is 29.8 Å². The van der Waals surface area contributed by atoms with Gasteiger partial charge in [0, 0.05) is 44.0 Å². The lowest BCUT2D eigenvalue weighted by atomic mass is 10.0. The Morgan fingerprint density at radius 3 is 2.32 bits per heavy atom. The number of hydrogen-bond acceptors (Lipinski definition) is 3. The summed E-state index contributed by atoms with van der Waals surface area (Å²) in [5.41, 5.74) is 8.07. The fourth-order valence-corrected chi connectivity index (χ4v) is 2.85. The maximum absolute atomic E-state index is 5.88. The highest BCUT2D eigenvalue weighted by Crippen LogP contribution is 2.23. The van der Waals surface area contributed by atoms with Gasteiger partial charge in [0.15, 0.2) is 0 Å². The number of nitrogens with zero attached hydrogens (tertiary/aromatic N) is 2. The molecule has 0 aliphatic carbocycles. The smallest absolute Gasteiger partial charge is 0.0321 e. The van der Waals surface area contributed by atoms with Gasteiger partial charge in [-0.1, -0.05) is 19.1 Å². The van der Waals surface area contributed by atoms with E-state index in [4.69, 9.17) is 5.73 Å². The maximum atomic E-state index is 5.88. The molecule has 0 amide bonds. The van der Waals surface area contributed by atoms with Gasteiger partial charge in [-0.15, -0.1) is 0 Å². The molecule has 1 aromatic carbocycles. The Balaban J connectivity index is 1.94. The fraction of sp³-hybridized carbons (Fsp3) is 0.625. The summed E-state index contributed by atoms with van der Waals surface area (Å²) in [5.74, 6) is 0. The van der Waals surface area contributed by atoms with Crippen LogP contribution >= 0.6 is 0 Å². The highest BCUT2D eigenvalue weighted by atomic mass is 15.3. The number of anilines is 1. The number of benzene rings is 1. The molecule has 1 fully saturated rings. The van der Waals surface area contributed by atoms with E-state index in [1.165, 1.54) is 25.1 Å². The van der Waals surface area contributed by atoms with Crippen LogP contribution in [0.5, 0.6) is 0 Å². The van der Waals surface area contributed by atoms with Gasteiger partial charge in [0.1, 0.15) is 0 Å². The summed E-state index contributed by atoms with van der Waals surface area (Å²) in [6.45, 7) is 11.6. The lowest BCUT2D eigenvalue weighted by molar-refractivity contribution is 0.0773. The Morgan fingerprint density at radius 2 is 1.74 bits per heavy atom. The van der Waals surface area contributed by atoms with Crippen LogP contribution in [0, 0.1) is 0 Å². The van der Waals surface area contributed by atoms with Gasteiger partial charge in [-0.3, -0.25) is 9.80 Å². The number of nitrogens with two attached hydrogens (primary N) is 1. The van der Waals surface area contributed by atoms with E-state index in [1.807, 2.05) is 6.07 Å². The summed E-state index contributed by atoms with van der Waals surface area (Å²) < 4.78 is 0. The molecule has 2 atom stereocenters. The first kappa shape index (κ1) is 14.4. The average Bonchev–Trinajstić information content (AvgIpc) is 2.46. The van der Waals surface area contributed by atoms with Crippen LogP contribution in [0.15, 0.2) is 24.3 Å². The summed E-state index contributed by atoms with van der Waals surface area (Å²) in [4.78, 5) is 5.16. The van der Waals surface area contributed by atoms with E-state index >= 15 is 0 Å². The highest BCUT2D eigenvalue weighted by Gasteiger charge is 2.23. The van der Waals surface area contributed by atoms with E-state index in [0.717, 1.165) is 18.8 Å². The monoisotopic (exact) mass is 261 g/mol. The summed E-state index contributed by atoms with van der Waals surface area (Å²) in [7, 11) is 0. The van der Waals surface area contributed by atoms with Crippen molar-refractivity contribution in [2.75, 3.05) is 31.9 Å². The van der Waals surface area contributed by atoms with Crippen LogP contribution in [-0.2, 0) is 0 Å². The zero-order valence-corrected chi connectivity index (χ0v) is 12.5. The predicted molar refractivity (Wildman–Crippen MR) is 82.2 cm³/mol. The number of nitrogen functional groups attached to an aromatic ring is 1. The Morgan fingerprint density at radius 1 is 1.11 bits per heavy atom. The zero-order valence-electron chi connectivity index (χ0n) is 12.5.